The second-order valence-corrected chi connectivity index (χ2v) is 4.33. The molecule has 6 heteroatoms. The fourth-order valence-corrected chi connectivity index (χ4v) is 2.23. The van der Waals surface area contributed by atoms with Crippen LogP contribution in [0.2, 0.25) is 0 Å². The van der Waals surface area contributed by atoms with Crippen LogP contribution in [0.1, 0.15) is 29.6 Å². The SMILES string of the molecule is O=C(O)CC1CCCN1C(=O)c1ccc(=O)[nH]c1. The number of carboxylic acid groups (broad SMARTS) is 1. The number of aromatic amines is 1. The third-order valence-corrected chi connectivity index (χ3v) is 3.08. The second-order valence-electron chi connectivity index (χ2n) is 4.33. The van der Waals surface area contributed by atoms with Crippen molar-refractivity contribution in [1.29, 1.82) is 0 Å². The van der Waals surface area contributed by atoms with Gasteiger partial charge in [-0.15, -0.1) is 0 Å². The second kappa shape index (κ2) is 5.03. The maximum absolute atomic E-state index is 12.2. The summed E-state index contributed by atoms with van der Waals surface area (Å²) in [5.41, 5.74) is 0.113. The quantitative estimate of drug-likeness (QED) is 0.815. The molecule has 2 N–H and O–H groups in total. The van der Waals surface area contributed by atoms with Crippen molar-refractivity contribution >= 4 is 11.9 Å². The van der Waals surface area contributed by atoms with Gasteiger partial charge in [0.25, 0.3) is 5.91 Å². The van der Waals surface area contributed by atoms with E-state index in [9.17, 15) is 14.4 Å². The summed E-state index contributed by atoms with van der Waals surface area (Å²) in [4.78, 5) is 37.8. The van der Waals surface area contributed by atoms with Gasteiger partial charge in [-0.1, -0.05) is 0 Å². The molecule has 1 aromatic heterocycles. The van der Waals surface area contributed by atoms with Gasteiger partial charge in [-0.3, -0.25) is 14.4 Å². The van der Waals surface area contributed by atoms with Crippen molar-refractivity contribution in [2.24, 2.45) is 0 Å². The third kappa shape index (κ3) is 2.58. The third-order valence-electron chi connectivity index (χ3n) is 3.08. The number of amides is 1. The number of rotatable bonds is 3. The monoisotopic (exact) mass is 250 g/mol. The Morgan fingerprint density at radius 3 is 2.83 bits per heavy atom. The Balaban J connectivity index is 2.14. The molecule has 0 bridgehead atoms. The largest absolute Gasteiger partial charge is 0.481 e. The van der Waals surface area contributed by atoms with Gasteiger partial charge in [0.1, 0.15) is 0 Å². The summed E-state index contributed by atoms with van der Waals surface area (Å²) in [6.07, 6.45) is 2.85. The lowest BCUT2D eigenvalue weighted by Crippen LogP contribution is -2.37. The minimum atomic E-state index is -0.902. The summed E-state index contributed by atoms with van der Waals surface area (Å²) in [6.45, 7) is 0.565. The van der Waals surface area contributed by atoms with Crippen LogP contribution in [0.4, 0.5) is 0 Å². The molecule has 0 saturated carbocycles. The van der Waals surface area contributed by atoms with E-state index in [1.165, 1.54) is 18.3 Å². The minimum absolute atomic E-state index is 0.0326. The maximum atomic E-state index is 12.2. The fraction of sp³-hybridized carbons (Fsp3) is 0.417. The molecule has 0 aromatic carbocycles. The molecule has 6 nitrogen and oxygen atoms in total. The van der Waals surface area contributed by atoms with E-state index < -0.39 is 5.97 Å². The number of nitrogens with zero attached hydrogens (tertiary/aromatic N) is 1. The molecule has 2 heterocycles. The van der Waals surface area contributed by atoms with Crippen LogP contribution in [0.15, 0.2) is 23.1 Å². The zero-order valence-electron chi connectivity index (χ0n) is 9.76. The van der Waals surface area contributed by atoms with E-state index in [-0.39, 0.29) is 23.9 Å². The van der Waals surface area contributed by atoms with Crippen LogP contribution in [0.25, 0.3) is 0 Å². The van der Waals surface area contributed by atoms with Crippen LogP contribution >= 0.6 is 0 Å². The van der Waals surface area contributed by atoms with Crippen LogP contribution in [0.3, 0.4) is 0 Å². The van der Waals surface area contributed by atoms with Crippen molar-refractivity contribution in [3.8, 4) is 0 Å². The molecular weight excluding hydrogens is 236 g/mol. The molecular formula is C12H14N2O4. The molecule has 1 saturated heterocycles. The molecule has 0 radical (unpaired) electrons. The molecule has 1 amide bonds. The van der Waals surface area contributed by atoms with Crippen molar-refractivity contribution in [2.45, 2.75) is 25.3 Å². The number of hydrogen-bond acceptors (Lipinski definition) is 3. The zero-order chi connectivity index (χ0) is 13.1. The lowest BCUT2D eigenvalue weighted by molar-refractivity contribution is -0.137. The number of H-pyrrole nitrogens is 1. The highest BCUT2D eigenvalue weighted by Gasteiger charge is 2.30. The Morgan fingerprint density at radius 2 is 2.22 bits per heavy atom. The van der Waals surface area contributed by atoms with Gasteiger partial charge in [0.15, 0.2) is 0 Å². The van der Waals surface area contributed by atoms with Crippen LogP contribution in [-0.4, -0.2) is 39.5 Å². The predicted molar refractivity (Wildman–Crippen MR) is 63.4 cm³/mol. The van der Waals surface area contributed by atoms with Gasteiger partial charge in [-0.2, -0.15) is 0 Å². The summed E-state index contributed by atoms with van der Waals surface area (Å²) in [6, 6.07) is 2.49. The number of hydrogen-bond donors (Lipinski definition) is 2. The molecule has 96 valence electrons. The van der Waals surface area contributed by atoms with Crippen molar-refractivity contribution in [3.63, 3.8) is 0 Å². The molecule has 1 fully saturated rings. The molecule has 0 aliphatic carbocycles. The fourth-order valence-electron chi connectivity index (χ4n) is 2.23. The number of carbonyl (C=O) groups excluding carboxylic acids is 1. The standard InChI is InChI=1S/C12H14N2O4/c15-10-4-3-8(7-13-10)12(18)14-5-1-2-9(14)6-11(16)17/h3-4,7,9H,1-2,5-6H2,(H,13,15)(H,16,17). The van der Waals surface area contributed by atoms with Gasteiger partial charge in [0.2, 0.25) is 5.56 Å². The highest BCUT2D eigenvalue weighted by atomic mass is 16.4. The first-order valence-corrected chi connectivity index (χ1v) is 5.79. The summed E-state index contributed by atoms with van der Waals surface area (Å²) >= 11 is 0. The number of aromatic nitrogens is 1. The topological polar surface area (TPSA) is 90.5 Å². The molecule has 18 heavy (non-hydrogen) atoms. The van der Waals surface area contributed by atoms with E-state index in [2.05, 4.69) is 4.98 Å². The smallest absolute Gasteiger partial charge is 0.305 e. The van der Waals surface area contributed by atoms with Crippen LogP contribution in [-0.2, 0) is 4.79 Å². The van der Waals surface area contributed by atoms with Gasteiger partial charge >= 0.3 is 5.97 Å². The molecule has 1 aliphatic heterocycles. The summed E-state index contributed by atoms with van der Waals surface area (Å²) in [7, 11) is 0. The summed E-state index contributed by atoms with van der Waals surface area (Å²) in [5.74, 6) is -1.13. The van der Waals surface area contributed by atoms with Gasteiger partial charge in [-0.05, 0) is 18.9 Å². The van der Waals surface area contributed by atoms with E-state index in [0.29, 0.717) is 18.5 Å². The Morgan fingerprint density at radius 1 is 1.44 bits per heavy atom. The normalized spacial score (nSPS) is 18.9. The molecule has 1 unspecified atom stereocenters. The van der Waals surface area contributed by atoms with Gasteiger partial charge < -0.3 is 15.0 Å². The predicted octanol–water partition coefficient (Wildman–Crippen LogP) is 0.454. The lowest BCUT2D eigenvalue weighted by atomic mass is 10.1. The molecule has 1 atom stereocenters. The number of carbonyl (C=O) groups is 2. The number of carboxylic acids is 1. The highest BCUT2D eigenvalue weighted by Crippen LogP contribution is 2.22. The van der Waals surface area contributed by atoms with Crippen LogP contribution in [0.5, 0.6) is 0 Å². The van der Waals surface area contributed by atoms with E-state index in [4.69, 9.17) is 5.11 Å². The van der Waals surface area contributed by atoms with Gasteiger partial charge in [0, 0.05) is 24.8 Å². The van der Waals surface area contributed by atoms with E-state index in [0.717, 1.165) is 6.42 Å². The van der Waals surface area contributed by atoms with E-state index in [1.807, 2.05) is 0 Å². The molecule has 1 aromatic rings. The Kier molecular flexibility index (Phi) is 3.45. The van der Waals surface area contributed by atoms with E-state index in [1.54, 1.807) is 4.90 Å². The van der Waals surface area contributed by atoms with Crippen molar-refractivity contribution in [3.05, 3.63) is 34.2 Å². The summed E-state index contributed by atoms with van der Waals surface area (Å²) in [5, 5.41) is 8.79. The van der Waals surface area contributed by atoms with E-state index >= 15 is 0 Å². The Bertz CT molecular complexity index is 503. The zero-order valence-corrected chi connectivity index (χ0v) is 9.76. The summed E-state index contributed by atoms with van der Waals surface area (Å²) < 4.78 is 0. The first kappa shape index (κ1) is 12.3. The molecule has 2 rings (SSSR count). The number of likely N-dealkylation sites (tertiary alicyclic amines) is 1. The molecule has 1 aliphatic rings. The van der Waals surface area contributed by atoms with Crippen molar-refractivity contribution in [1.82, 2.24) is 9.88 Å². The lowest BCUT2D eigenvalue weighted by Gasteiger charge is -2.23. The average Bonchev–Trinajstić information content (AvgIpc) is 2.76. The Labute approximate surface area is 103 Å². The Hall–Kier alpha value is -2.11. The highest BCUT2D eigenvalue weighted by molar-refractivity contribution is 5.94. The van der Waals surface area contributed by atoms with Gasteiger partial charge in [0.05, 0.1) is 12.0 Å². The van der Waals surface area contributed by atoms with Crippen molar-refractivity contribution < 1.29 is 14.7 Å². The van der Waals surface area contributed by atoms with Crippen LogP contribution < -0.4 is 5.56 Å². The number of aliphatic carboxylic acids is 1. The minimum Gasteiger partial charge on any atom is -0.481 e. The number of nitrogens with one attached hydrogen (secondary N) is 1. The van der Waals surface area contributed by atoms with Crippen molar-refractivity contribution in [2.75, 3.05) is 6.54 Å². The van der Waals surface area contributed by atoms with Gasteiger partial charge in [-0.25, -0.2) is 0 Å². The average molecular weight is 250 g/mol. The first-order valence-electron chi connectivity index (χ1n) is 5.79. The maximum Gasteiger partial charge on any atom is 0.305 e. The number of pyridine rings is 1. The molecule has 0 spiro atoms. The first-order chi connectivity index (χ1) is 8.58. The van der Waals surface area contributed by atoms with Crippen LogP contribution in [0, 0.1) is 0 Å².